The van der Waals surface area contributed by atoms with Gasteiger partial charge in [0.25, 0.3) is 0 Å². The van der Waals surface area contributed by atoms with E-state index in [9.17, 15) is 9.59 Å². The smallest absolute Gasteiger partial charge is 0.416 e. The number of amides is 2. The molecule has 0 aliphatic carbocycles. The number of nitrogens with zero attached hydrogens (tertiary/aromatic N) is 1. The quantitative estimate of drug-likeness (QED) is 0.827. The molecule has 0 saturated carbocycles. The molecule has 5 heteroatoms. The van der Waals surface area contributed by atoms with E-state index in [0.29, 0.717) is 0 Å². The van der Waals surface area contributed by atoms with Crippen molar-refractivity contribution in [2.24, 2.45) is 5.73 Å². The third-order valence-electron chi connectivity index (χ3n) is 3.14. The molecule has 1 aliphatic heterocycles. The number of nitrogens with two attached hydrogens (primary N) is 1. The summed E-state index contributed by atoms with van der Waals surface area (Å²) in [5.74, 6) is -0.765. The summed E-state index contributed by atoms with van der Waals surface area (Å²) in [6, 6.07) is 8.53. The maximum atomic E-state index is 12.2. The lowest BCUT2D eigenvalue weighted by Crippen LogP contribution is -2.47. The zero-order valence-corrected chi connectivity index (χ0v) is 10.5. The van der Waals surface area contributed by atoms with Crippen LogP contribution in [0.15, 0.2) is 43.0 Å². The number of benzene rings is 1. The van der Waals surface area contributed by atoms with Crippen molar-refractivity contribution >= 4 is 12.0 Å². The average molecular weight is 260 g/mol. The van der Waals surface area contributed by atoms with Gasteiger partial charge in [-0.05, 0) is 5.56 Å². The van der Waals surface area contributed by atoms with Gasteiger partial charge in [0.05, 0.1) is 12.6 Å². The fourth-order valence-corrected chi connectivity index (χ4v) is 2.09. The van der Waals surface area contributed by atoms with Gasteiger partial charge in [-0.1, -0.05) is 36.4 Å². The van der Waals surface area contributed by atoms with E-state index in [1.54, 1.807) is 6.08 Å². The maximum Gasteiger partial charge on any atom is 0.416 e. The van der Waals surface area contributed by atoms with Gasteiger partial charge < -0.3 is 10.5 Å². The van der Waals surface area contributed by atoms with Gasteiger partial charge in [-0.3, -0.25) is 4.79 Å². The Hall–Kier alpha value is -2.14. The first-order chi connectivity index (χ1) is 9.15. The van der Waals surface area contributed by atoms with Gasteiger partial charge >= 0.3 is 6.09 Å². The Labute approximate surface area is 111 Å². The molecule has 100 valence electrons. The molecule has 1 aromatic rings. The Kier molecular flexibility index (Phi) is 3.97. The van der Waals surface area contributed by atoms with E-state index in [0.717, 1.165) is 10.5 Å². The Morgan fingerprint density at radius 2 is 2.11 bits per heavy atom. The highest BCUT2D eigenvalue weighted by Gasteiger charge is 2.34. The lowest BCUT2D eigenvalue weighted by Gasteiger charge is -2.23. The molecule has 2 rings (SSSR count). The molecule has 0 bridgehead atoms. The average Bonchev–Trinajstić information content (AvgIpc) is 2.86. The van der Waals surface area contributed by atoms with Crippen LogP contribution in [0.5, 0.6) is 0 Å². The van der Waals surface area contributed by atoms with Crippen molar-refractivity contribution in [2.75, 3.05) is 13.2 Å². The van der Waals surface area contributed by atoms with Crippen LogP contribution in [0.3, 0.4) is 0 Å². The summed E-state index contributed by atoms with van der Waals surface area (Å²) in [6.45, 7) is 4.20. The fraction of sp³-hybridized carbons (Fsp3) is 0.286. The Morgan fingerprint density at radius 3 is 2.63 bits per heavy atom. The van der Waals surface area contributed by atoms with Crippen LogP contribution in [-0.2, 0) is 9.53 Å². The Morgan fingerprint density at radius 1 is 1.42 bits per heavy atom. The van der Waals surface area contributed by atoms with Crippen LogP contribution in [0, 0.1) is 0 Å². The minimum Gasteiger partial charge on any atom is -0.447 e. The largest absolute Gasteiger partial charge is 0.447 e. The second-order valence-corrected chi connectivity index (χ2v) is 4.30. The standard InChI is InChI=1S/C14H16N2O3/c1-2-11(10-6-4-3-5-7-10)12(15)13(17)16-8-9-19-14(16)18/h2-7,11-12H,1,8-9,15H2/t11-,12+/m1/s1. The summed E-state index contributed by atoms with van der Waals surface area (Å²) in [6.07, 6.45) is 0.996. The Bertz CT molecular complexity index is 487. The zero-order valence-electron chi connectivity index (χ0n) is 10.5. The molecule has 2 atom stereocenters. The first-order valence-electron chi connectivity index (χ1n) is 6.06. The summed E-state index contributed by atoms with van der Waals surface area (Å²) in [4.78, 5) is 24.6. The highest BCUT2D eigenvalue weighted by molar-refractivity contribution is 5.96. The molecule has 1 aliphatic rings. The van der Waals surface area contributed by atoms with Gasteiger partial charge in [0, 0.05) is 5.92 Å². The molecule has 0 spiro atoms. The predicted octanol–water partition coefficient (Wildman–Crippen LogP) is 1.26. The zero-order chi connectivity index (χ0) is 13.8. The van der Waals surface area contributed by atoms with Gasteiger partial charge in [0.2, 0.25) is 5.91 Å². The van der Waals surface area contributed by atoms with Crippen molar-refractivity contribution < 1.29 is 14.3 Å². The molecule has 5 nitrogen and oxygen atoms in total. The van der Waals surface area contributed by atoms with Crippen LogP contribution in [-0.4, -0.2) is 36.1 Å². The SMILES string of the molecule is C=C[C@H](c1ccccc1)[C@H](N)C(=O)N1CCOC1=O. The van der Waals surface area contributed by atoms with Crippen LogP contribution >= 0.6 is 0 Å². The van der Waals surface area contributed by atoms with Crippen molar-refractivity contribution in [3.63, 3.8) is 0 Å². The van der Waals surface area contributed by atoms with Gasteiger partial charge in [-0.25, -0.2) is 9.69 Å². The van der Waals surface area contributed by atoms with E-state index in [4.69, 9.17) is 10.5 Å². The van der Waals surface area contributed by atoms with Crippen molar-refractivity contribution in [2.45, 2.75) is 12.0 Å². The molecule has 0 aromatic heterocycles. The third kappa shape index (κ3) is 2.66. The maximum absolute atomic E-state index is 12.2. The van der Waals surface area contributed by atoms with Gasteiger partial charge in [0.15, 0.2) is 0 Å². The molecule has 2 amide bonds. The van der Waals surface area contributed by atoms with E-state index in [2.05, 4.69) is 6.58 Å². The monoisotopic (exact) mass is 260 g/mol. The molecule has 1 fully saturated rings. The second kappa shape index (κ2) is 5.67. The minimum absolute atomic E-state index is 0.224. The molecule has 1 saturated heterocycles. The first kappa shape index (κ1) is 13.3. The molecule has 2 N–H and O–H groups in total. The van der Waals surface area contributed by atoms with E-state index in [1.165, 1.54) is 0 Å². The number of cyclic esters (lactones) is 1. The molecule has 19 heavy (non-hydrogen) atoms. The van der Waals surface area contributed by atoms with Crippen molar-refractivity contribution in [3.05, 3.63) is 48.6 Å². The molecule has 0 unspecified atom stereocenters. The van der Waals surface area contributed by atoms with E-state index >= 15 is 0 Å². The highest BCUT2D eigenvalue weighted by atomic mass is 16.6. The van der Waals surface area contributed by atoms with Crippen LogP contribution < -0.4 is 5.73 Å². The van der Waals surface area contributed by atoms with Gasteiger partial charge in [-0.15, -0.1) is 6.58 Å². The van der Waals surface area contributed by atoms with Crippen molar-refractivity contribution in [1.82, 2.24) is 4.90 Å². The molecular formula is C14H16N2O3. The normalized spacial score (nSPS) is 17.7. The van der Waals surface area contributed by atoms with Gasteiger partial charge in [0.1, 0.15) is 6.61 Å². The second-order valence-electron chi connectivity index (χ2n) is 4.30. The van der Waals surface area contributed by atoms with E-state index in [1.807, 2.05) is 30.3 Å². The number of hydrogen-bond acceptors (Lipinski definition) is 4. The summed E-state index contributed by atoms with van der Waals surface area (Å²) in [7, 11) is 0. The van der Waals surface area contributed by atoms with Gasteiger partial charge in [-0.2, -0.15) is 0 Å². The van der Waals surface area contributed by atoms with Crippen LogP contribution in [0.4, 0.5) is 4.79 Å². The number of ether oxygens (including phenoxy) is 1. The lowest BCUT2D eigenvalue weighted by molar-refractivity contribution is -0.129. The van der Waals surface area contributed by atoms with Crippen LogP contribution in [0.2, 0.25) is 0 Å². The van der Waals surface area contributed by atoms with E-state index < -0.39 is 18.0 Å². The Balaban J connectivity index is 2.17. The summed E-state index contributed by atoms with van der Waals surface area (Å²) >= 11 is 0. The number of hydrogen-bond donors (Lipinski definition) is 1. The third-order valence-corrected chi connectivity index (χ3v) is 3.14. The van der Waals surface area contributed by atoms with Crippen LogP contribution in [0.1, 0.15) is 11.5 Å². The fourth-order valence-electron chi connectivity index (χ4n) is 2.09. The number of carbonyl (C=O) groups is 2. The van der Waals surface area contributed by atoms with Crippen LogP contribution in [0.25, 0.3) is 0 Å². The summed E-state index contributed by atoms with van der Waals surface area (Å²) in [5.41, 5.74) is 6.87. The van der Waals surface area contributed by atoms with Crippen molar-refractivity contribution in [1.29, 1.82) is 0 Å². The number of rotatable bonds is 4. The highest BCUT2D eigenvalue weighted by Crippen LogP contribution is 2.21. The number of carbonyl (C=O) groups excluding carboxylic acids is 2. The first-order valence-corrected chi connectivity index (χ1v) is 6.06. The predicted molar refractivity (Wildman–Crippen MR) is 70.4 cm³/mol. The molecule has 0 radical (unpaired) electrons. The molecular weight excluding hydrogens is 244 g/mol. The lowest BCUT2D eigenvalue weighted by atomic mass is 9.91. The number of imide groups is 1. The van der Waals surface area contributed by atoms with Crippen molar-refractivity contribution in [3.8, 4) is 0 Å². The molecule has 1 aromatic carbocycles. The minimum atomic E-state index is -0.842. The van der Waals surface area contributed by atoms with E-state index in [-0.39, 0.29) is 19.1 Å². The molecule has 1 heterocycles. The summed E-state index contributed by atoms with van der Waals surface area (Å²) < 4.78 is 4.74. The summed E-state index contributed by atoms with van der Waals surface area (Å²) in [5, 5.41) is 0. The topological polar surface area (TPSA) is 72.6 Å².